The van der Waals surface area contributed by atoms with Crippen molar-refractivity contribution in [3.63, 3.8) is 0 Å². The van der Waals surface area contributed by atoms with Gasteiger partial charge in [-0.1, -0.05) is 13.3 Å². The third-order valence-electron chi connectivity index (χ3n) is 3.62. The molecule has 0 aromatic heterocycles. The van der Waals surface area contributed by atoms with Crippen LogP contribution in [0.1, 0.15) is 32.6 Å². The molecule has 14 heavy (non-hydrogen) atoms. The first kappa shape index (κ1) is 10.4. The maximum Gasteiger partial charge on any atom is 0.0948 e. The summed E-state index contributed by atoms with van der Waals surface area (Å²) in [5, 5.41) is 13.1. The van der Waals surface area contributed by atoms with Gasteiger partial charge in [-0.15, -0.1) is 0 Å². The van der Waals surface area contributed by atoms with E-state index in [1.54, 1.807) is 0 Å². The van der Waals surface area contributed by atoms with Crippen LogP contribution in [0.15, 0.2) is 0 Å². The van der Waals surface area contributed by atoms with Crippen molar-refractivity contribution in [3.05, 3.63) is 0 Å². The molecule has 2 rings (SSSR count). The molecule has 2 N–H and O–H groups in total. The van der Waals surface area contributed by atoms with E-state index >= 15 is 0 Å². The van der Waals surface area contributed by atoms with E-state index in [0.717, 1.165) is 5.92 Å². The molecule has 2 fully saturated rings. The van der Waals surface area contributed by atoms with Crippen molar-refractivity contribution in [1.82, 2.24) is 5.32 Å². The number of ether oxygens (including phenoxy) is 1. The number of aliphatic hydroxyl groups excluding tert-OH is 1. The molecular formula is C11H21NO2. The van der Waals surface area contributed by atoms with Crippen LogP contribution in [0.5, 0.6) is 0 Å². The van der Waals surface area contributed by atoms with Gasteiger partial charge in [-0.25, -0.2) is 0 Å². The fourth-order valence-electron chi connectivity index (χ4n) is 2.60. The highest BCUT2D eigenvalue weighted by atomic mass is 16.5. The topological polar surface area (TPSA) is 41.5 Å². The van der Waals surface area contributed by atoms with E-state index in [0.29, 0.717) is 19.3 Å². The monoisotopic (exact) mass is 199 g/mol. The van der Waals surface area contributed by atoms with Crippen LogP contribution in [0.2, 0.25) is 0 Å². The van der Waals surface area contributed by atoms with Crippen molar-refractivity contribution in [2.45, 2.75) is 50.8 Å². The van der Waals surface area contributed by atoms with E-state index in [4.69, 9.17) is 4.74 Å². The predicted molar refractivity (Wildman–Crippen MR) is 55.2 cm³/mol. The van der Waals surface area contributed by atoms with Gasteiger partial charge in [0.05, 0.1) is 25.4 Å². The Balaban J connectivity index is 1.75. The lowest BCUT2D eigenvalue weighted by atomic mass is 10.1. The Morgan fingerprint density at radius 3 is 2.79 bits per heavy atom. The normalized spacial score (nSPS) is 43.3. The molecule has 2 unspecified atom stereocenters. The van der Waals surface area contributed by atoms with Crippen LogP contribution in [0.25, 0.3) is 0 Å². The van der Waals surface area contributed by atoms with Gasteiger partial charge in [-0.3, -0.25) is 0 Å². The van der Waals surface area contributed by atoms with Gasteiger partial charge in [-0.2, -0.15) is 0 Å². The third kappa shape index (κ3) is 2.27. The molecular weight excluding hydrogens is 178 g/mol. The zero-order valence-electron chi connectivity index (χ0n) is 8.91. The first-order chi connectivity index (χ1) is 6.79. The minimum Gasteiger partial charge on any atom is -0.389 e. The maximum atomic E-state index is 9.58. The van der Waals surface area contributed by atoms with Crippen molar-refractivity contribution in [2.75, 3.05) is 13.2 Å². The Morgan fingerprint density at radius 2 is 2.21 bits per heavy atom. The lowest BCUT2D eigenvalue weighted by Gasteiger charge is -2.20. The smallest absolute Gasteiger partial charge is 0.0948 e. The second kappa shape index (κ2) is 4.60. The van der Waals surface area contributed by atoms with Crippen LogP contribution in [0, 0.1) is 5.92 Å². The zero-order valence-corrected chi connectivity index (χ0v) is 8.91. The fraction of sp³-hybridized carbons (Fsp3) is 1.00. The quantitative estimate of drug-likeness (QED) is 0.710. The van der Waals surface area contributed by atoms with Gasteiger partial charge >= 0.3 is 0 Å². The maximum absolute atomic E-state index is 9.58. The molecule has 1 saturated carbocycles. The lowest BCUT2D eigenvalue weighted by molar-refractivity contribution is 0.121. The van der Waals surface area contributed by atoms with Gasteiger partial charge < -0.3 is 15.2 Å². The fourth-order valence-corrected chi connectivity index (χ4v) is 2.60. The summed E-state index contributed by atoms with van der Waals surface area (Å²) in [6.45, 7) is 3.44. The first-order valence-electron chi connectivity index (χ1n) is 5.81. The molecule has 2 aliphatic rings. The largest absolute Gasteiger partial charge is 0.389 e. The second-order valence-electron chi connectivity index (χ2n) is 4.66. The van der Waals surface area contributed by atoms with Crippen molar-refractivity contribution in [1.29, 1.82) is 0 Å². The molecule has 3 nitrogen and oxygen atoms in total. The van der Waals surface area contributed by atoms with E-state index in [-0.39, 0.29) is 12.1 Å². The SMILES string of the molecule is CCC1CCC(N[C@@H]2COC[C@H]2O)C1. The van der Waals surface area contributed by atoms with Gasteiger partial charge in [0, 0.05) is 6.04 Å². The summed E-state index contributed by atoms with van der Waals surface area (Å²) < 4.78 is 5.22. The van der Waals surface area contributed by atoms with Gasteiger partial charge in [0.15, 0.2) is 0 Å². The molecule has 0 aromatic carbocycles. The summed E-state index contributed by atoms with van der Waals surface area (Å²) >= 11 is 0. The average Bonchev–Trinajstić information content (AvgIpc) is 2.77. The van der Waals surface area contributed by atoms with Crippen LogP contribution < -0.4 is 5.32 Å². The first-order valence-corrected chi connectivity index (χ1v) is 5.81. The summed E-state index contributed by atoms with van der Waals surface area (Å²) in [7, 11) is 0. The molecule has 0 bridgehead atoms. The van der Waals surface area contributed by atoms with E-state index in [9.17, 15) is 5.11 Å². The number of aliphatic hydroxyl groups is 1. The summed E-state index contributed by atoms with van der Waals surface area (Å²) in [6, 6.07) is 0.789. The van der Waals surface area contributed by atoms with E-state index in [2.05, 4.69) is 12.2 Å². The third-order valence-corrected chi connectivity index (χ3v) is 3.62. The molecule has 0 aromatic rings. The zero-order chi connectivity index (χ0) is 9.97. The number of rotatable bonds is 3. The number of nitrogens with one attached hydrogen (secondary N) is 1. The van der Waals surface area contributed by atoms with Crippen LogP contribution in [0.3, 0.4) is 0 Å². The highest BCUT2D eigenvalue weighted by molar-refractivity contribution is 4.87. The van der Waals surface area contributed by atoms with Gasteiger partial charge in [0.2, 0.25) is 0 Å². The van der Waals surface area contributed by atoms with Crippen molar-refractivity contribution >= 4 is 0 Å². The molecule has 4 atom stereocenters. The highest BCUT2D eigenvalue weighted by Gasteiger charge is 2.31. The Labute approximate surface area is 85.8 Å². The molecule has 0 amide bonds. The number of hydrogen-bond acceptors (Lipinski definition) is 3. The number of hydrogen-bond donors (Lipinski definition) is 2. The van der Waals surface area contributed by atoms with Crippen LogP contribution >= 0.6 is 0 Å². The van der Waals surface area contributed by atoms with Gasteiger partial charge in [0.25, 0.3) is 0 Å². The Bertz CT molecular complexity index is 186. The van der Waals surface area contributed by atoms with Crippen molar-refractivity contribution < 1.29 is 9.84 Å². The van der Waals surface area contributed by atoms with E-state index in [1.165, 1.54) is 25.7 Å². The standard InChI is InChI=1S/C11H21NO2/c1-2-8-3-4-9(5-8)12-10-6-14-7-11(10)13/h8-13H,2-7H2,1H3/t8?,9?,10-,11-/m1/s1. The van der Waals surface area contributed by atoms with Crippen LogP contribution in [-0.2, 0) is 4.74 Å². The summed E-state index contributed by atoms with van der Waals surface area (Å²) in [4.78, 5) is 0. The summed E-state index contributed by atoms with van der Waals surface area (Å²) in [6.07, 6.45) is 4.89. The molecule has 0 spiro atoms. The summed E-state index contributed by atoms with van der Waals surface area (Å²) in [5.41, 5.74) is 0. The van der Waals surface area contributed by atoms with E-state index in [1.807, 2.05) is 0 Å². The second-order valence-corrected chi connectivity index (χ2v) is 4.66. The van der Waals surface area contributed by atoms with Crippen molar-refractivity contribution in [2.24, 2.45) is 5.92 Å². The molecule has 1 heterocycles. The molecule has 1 aliphatic heterocycles. The van der Waals surface area contributed by atoms with E-state index < -0.39 is 0 Å². The molecule has 1 saturated heterocycles. The highest BCUT2D eigenvalue weighted by Crippen LogP contribution is 2.28. The molecule has 3 heteroatoms. The molecule has 1 aliphatic carbocycles. The molecule has 82 valence electrons. The van der Waals surface area contributed by atoms with Crippen molar-refractivity contribution in [3.8, 4) is 0 Å². The van der Waals surface area contributed by atoms with Gasteiger partial charge in [0.1, 0.15) is 0 Å². The van der Waals surface area contributed by atoms with Gasteiger partial charge in [-0.05, 0) is 25.2 Å². The Hall–Kier alpha value is -0.120. The minimum absolute atomic E-state index is 0.176. The lowest BCUT2D eigenvalue weighted by Crippen LogP contribution is -2.44. The van der Waals surface area contributed by atoms with Crippen LogP contribution in [0.4, 0.5) is 0 Å². The predicted octanol–water partition coefficient (Wildman–Crippen LogP) is 0.914. The van der Waals surface area contributed by atoms with Crippen LogP contribution in [-0.4, -0.2) is 36.5 Å². The Kier molecular flexibility index (Phi) is 3.42. The summed E-state index contributed by atoms with van der Waals surface area (Å²) in [5.74, 6) is 0.895. The average molecular weight is 199 g/mol. The minimum atomic E-state index is -0.296. The molecule has 0 radical (unpaired) electrons. The Morgan fingerprint density at radius 1 is 1.36 bits per heavy atom.